The highest BCUT2D eigenvalue weighted by Gasteiger charge is 2.38. The number of pyridine rings is 2. The van der Waals surface area contributed by atoms with E-state index in [-0.39, 0.29) is 21.8 Å². The maximum atomic E-state index is 13.8. The molecule has 1 fully saturated rings. The van der Waals surface area contributed by atoms with Crippen LogP contribution in [0.15, 0.2) is 67.0 Å². The molecule has 4 rings (SSSR count). The summed E-state index contributed by atoms with van der Waals surface area (Å²) in [5, 5.41) is 11.1. The van der Waals surface area contributed by atoms with Crippen LogP contribution in [0, 0.1) is 4.64 Å². The van der Waals surface area contributed by atoms with Crippen molar-refractivity contribution >= 4 is 29.7 Å². The van der Waals surface area contributed by atoms with Crippen molar-refractivity contribution in [2.45, 2.75) is 24.5 Å². The normalized spacial score (nSPS) is 16.2. The van der Waals surface area contributed by atoms with Crippen LogP contribution in [0.25, 0.3) is 0 Å². The summed E-state index contributed by atoms with van der Waals surface area (Å²) in [7, 11) is 0. The van der Waals surface area contributed by atoms with E-state index in [0.29, 0.717) is 31.6 Å². The number of nitrogens with zero attached hydrogens (tertiary/aromatic N) is 3. The summed E-state index contributed by atoms with van der Waals surface area (Å²) >= 11 is 5.56. The second kappa shape index (κ2) is 9.22. The van der Waals surface area contributed by atoms with Crippen molar-refractivity contribution in [3.8, 4) is 0 Å². The maximum absolute atomic E-state index is 13.8. The first-order valence-corrected chi connectivity index (χ1v) is 11.1. The quantitative estimate of drug-likeness (QED) is 0.493. The first-order chi connectivity index (χ1) is 15.8. The molecule has 33 heavy (non-hydrogen) atoms. The van der Waals surface area contributed by atoms with Gasteiger partial charge >= 0.3 is 5.91 Å². The van der Waals surface area contributed by atoms with Crippen molar-refractivity contribution in [3.05, 3.63) is 88.5 Å². The molecule has 1 aromatic carbocycles. The van der Waals surface area contributed by atoms with E-state index in [1.807, 2.05) is 36.4 Å². The maximum Gasteiger partial charge on any atom is 0.346 e. The number of hydrogen-bond donors (Lipinski definition) is 3. The zero-order valence-corrected chi connectivity index (χ0v) is 18.9. The van der Waals surface area contributed by atoms with Crippen LogP contribution >= 0.6 is 12.2 Å². The van der Waals surface area contributed by atoms with Gasteiger partial charge in [0.1, 0.15) is 21.8 Å². The molecule has 2 aromatic heterocycles. The molecule has 3 aromatic rings. The van der Waals surface area contributed by atoms with Crippen molar-refractivity contribution in [2.75, 3.05) is 18.8 Å². The molecule has 1 atom stereocenters. The number of carbonyl (C=O) groups excluding carboxylic acids is 2. The van der Waals surface area contributed by atoms with Crippen LogP contribution in [-0.4, -0.2) is 44.5 Å². The summed E-state index contributed by atoms with van der Waals surface area (Å²) in [6, 6.07) is 15.5. The van der Waals surface area contributed by atoms with Gasteiger partial charge in [0, 0.05) is 25.5 Å². The molecule has 8 nitrogen and oxygen atoms in total. The van der Waals surface area contributed by atoms with Gasteiger partial charge in [-0.25, -0.2) is 4.79 Å². The van der Waals surface area contributed by atoms with E-state index in [1.165, 1.54) is 0 Å². The number of quaternary nitrogens is 1. The summed E-state index contributed by atoms with van der Waals surface area (Å²) in [5.41, 5.74) is 10.0. The van der Waals surface area contributed by atoms with Gasteiger partial charge in [-0.2, -0.15) is 0 Å². The lowest BCUT2D eigenvalue weighted by atomic mass is 9.87. The highest BCUT2D eigenvalue weighted by Crippen LogP contribution is 2.33. The van der Waals surface area contributed by atoms with Crippen LogP contribution < -0.4 is 11.5 Å². The average molecular weight is 465 g/mol. The second-order valence-electron chi connectivity index (χ2n) is 8.17. The van der Waals surface area contributed by atoms with E-state index in [2.05, 4.69) is 10.7 Å². The highest BCUT2D eigenvalue weighted by atomic mass is 32.1. The number of hydrogen-bond acceptors (Lipinski definition) is 6. The third kappa shape index (κ3) is 4.43. The largest absolute Gasteiger partial charge is 0.398 e. The van der Waals surface area contributed by atoms with Crippen molar-refractivity contribution in [1.82, 2.24) is 14.5 Å². The molecule has 0 radical (unpaired) electrons. The first-order valence-electron chi connectivity index (χ1n) is 10.7. The number of aliphatic hydroxyl groups is 1. The van der Waals surface area contributed by atoms with Gasteiger partial charge < -0.3 is 20.3 Å². The first kappa shape index (κ1) is 22.8. The monoisotopic (exact) mass is 464 g/mol. The lowest BCUT2D eigenvalue weighted by molar-refractivity contribution is -0.255. The van der Waals surface area contributed by atoms with Crippen molar-refractivity contribution in [1.29, 1.82) is 0 Å². The van der Waals surface area contributed by atoms with Gasteiger partial charge in [0.2, 0.25) is 5.91 Å². The number of amides is 2. The minimum atomic E-state index is -1.08. The summed E-state index contributed by atoms with van der Waals surface area (Å²) in [6.07, 6.45) is 4.02. The predicted octanol–water partition coefficient (Wildman–Crippen LogP) is 1.68. The van der Waals surface area contributed by atoms with Gasteiger partial charge in [-0.05, 0) is 36.6 Å². The highest BCUT2D eigenvalue weighted by molar-refractivity contribution is 7.71. The van der Waals surface area contributed by atoms with Gasteiger partial charge in [-0.1, -0.05) is 48.6 Å². The van der Waals surface area contributed by atoms with Gasteiger partial charge in [0.25, 0.3) is 0 Å². The second-order valence-corrected chi connectivity index (χ2v) is 8.55. The molecule has 0 aliphatic carbocycles. The SMILES string of the molecule is Nc1ccn(C(C(=O)N2CCC(O)(c3ccccn3)CC2)c2ccccc2)c(=S)c1C([NH3+])=O. The average Bonchev–Trinajstić information content (AvgIpc) is 2.82. The molecule has 0 saturated carbocycles. The molecular weight excluding hydrogens is 438 g/mol. The Hall–Kier alpha value is -3.40. The number of carbonyl (C=O) groups is 2. The molecule has 1 saturated heterocycles. The number of piperidine rings is 1. The Labute approximate surface area is 196 Å². The van der Waals surface area contributed by atoms with Gasteiger partial charge in [-0.15, -0.1) is 0 Å². The Balaban J connectivity index is 1.68. The lowest BCUT2D eigenvalue weighted by Crippen LogP contribution is -2.57. The van der Waals surface area contributed by atoms with Crippen LogP contribution in [0.4, 0.5) is 5.69 Å². The lowest BCUT2D eigenvalue weighted by Gasteiger charge is -2.39. The van der Waals surface area contributed by atoms with Gasteiger partial charge in [-0.3, -0.25) is 15.5 Å². The fraction of sp³-hybridized carbons (Fsp3) is 0.250. The van der Waals surface area contributed by atoms with E-state index in [9.17, 15) is 14.7 Å². The third-order valence-electron chi connectivity index (χ3n) is 6.10. The van der Waals surface area contributed by atoms with Gasteiger partial charge in [0.05, 0.1) is 11.4 Å². The zero-order chi connectivity index (χ0) is 23.6. The van der Waals surface area contributed by atoms with Crippen LogP contribution in [0.3, 0.4) is 0 Å². The Morgan fingerprint density at radius 1 is 1.09 bits per heavy atom. The number of anilines is 1. The fourth-order valence-corrected chi connectivity index (χ4v) is 4.67. The summed E-state index contributed by atoms with van der Waals surface area (Å²) in [6.45, 7) is 0.720. The van der Waals surface area contributed by atoms with Crippen LogP contribution in [0.5, 0.6) is 0 Å². The molecule has 1 unspecified atom stereocenters. The number of benzene rings is 1. The minimum Gasteiger partial charge on any atom is -0.398 e. The summed E-state index contributed by atoms with van der Waals surface area (Å²) in [4.78, 5) is 31.9. The van der Waals surface area contributed by atoms with Crippen LogP contribution in [-0.2, 0) is 10.4 Å². The predicted molar refractivity (Wildman–Crippen MR) is 125 cm³/mol. The number of rotatable bonds is 5. The fourth-order valence-electron chi connectivity index (χ4n) is 4.27. The molecule has 2 amide bonds. The summed E-state index contributed by atoms with van der Waals surface area (Å²) < 4.78 is 1.76. The molecule has 9 heteroatoms. The van der Waals surface area contributed by atoms with Crippen molar-refractivity contribution in [3.63, 3.8) is 0 Å². The molecule has 0 bridgehead atoms. The Kier molecular flexibility index (Phi) is 6.37. The molecular formula is C24H26N5O3S+. The Morgan fingerprint density at radius 2 is 1.76 bits per heavy atom. The zero-order valence-electron chi connectivity index (χ0n) is 18.1. The number of nitrogens with two attached hydrogens (primary N) is 1. The number of aromatic nitrogens is 2. The topological polar surface area (TPSA) is 129 Å². The third-order valence-corrected chi connectivity index (χ3v) is 6.52. The van der Waals surface area contributed by atoms with Crippen LogP contribution in [0.2, 0.25) is 0 Å². The van der Waals surface area contributed by atoms with E-state index in [1.54, 1.807) is 40.1 Å². The van der Waals surface area contributed by atoms with E-state index in [0.717, 1.165) is 5.56 Å². The molecule has 6 N–H and O–H groups in total. The molecule has 3 heterocycles. The van der Waals surface area contributed by atoms with Crippen molar-refractivity contribution in [2.24, 2.45) is 0 Å². The number of likely N-dealkylation sites (tertiary alicyclic amines) is 1. The smallest absolute Gasteiger partial charge is 0.346 e. The number of nitrogen functional groups attached to an aromatic ring is 1. The van der Waals surface area contributed by atoms with E-state index in [4.69, 9.17) is 18.0 Å². The van der Waals surface area contributed by atoms with Gasteiger partial charge in [0.15, 0.2) is 0 Å². The molecule has 1 aliphatic heterocycles. The minimum absolute atomic E-state index is 0.129. The standard InChI is InChI=1S/C24H25N5O3S/c25-17-9-13-29(23(33)19(17)21(26)30)20(16-6-2-1-3-7-16)22(31)28-14-10-24(32,11-15-28)18-8-4-5-12-27-18/h1-9,12-13,20,32H,10-11,14-15,25H2,(H2,26,30)/p+1. The molecule has 1 aliphatic rings. The van der Waals surface area contributed by atoms with E-state index >= 15 is 0 Å². The Morgan fingerprint density at radius 3 is 2.36 bits per heavy atom. The Bertz CT molecular complexity index is 1220. The summed E-state index contributed by atoms with van der Waals surface area (Å²) in [5.74, 6) is -0.669. The van der Waals surface area contributed by atoms with E-state index < -0.39 is 17.6 Å². The van der Waals surface area contributed by atoms with Crippen LogP contribution in [0.1, 0.15) is 40.5 Å². The molecule has 170 valence electrons. The molecule has 0 spiro atoms. The van der Waals surface area contributed by atoms with Crippen molar-refractivity contribution < 1.29 is 20.4 Å².